The minimum atomic E-state index is -0.570. The van der Waals surface area contributed by atoms with Gasteiger partial charge in [-0.2, -0.15) is 0 Å². The summed E-state index contributed by atoms with van der Waals surface area (Å²) in [6.45, 7) is 5.40. The molecule has 3 amide bonds. The molecule has 0 spiro atoms. The van der Waals surface area contributed by atoms with Crippen molar-refractivity contribution in [2.75, 3.05) is 23.3 Å². The van der Waals surface area contributed by atoms with Gasteiger partial charge in [0.1, 0.15) is 10.7 Å². The number of imide groups is 1. The molecule has 0 bridgehead atoms. The molecule has 2 aromatic carbocycles. The van der Waals surface area contributed by atoms with Gasteiger partial charge in [-0.15, -0.1) is 0 Å². The van der Waals surface area contributed by atoms with E-state index in [4.69, 9.17) is 11.6 Å². The number of carbonyl (C=O) groups excluding carboxylic acids is 3. The molecule has 4 rings (SSSR count). The summed E-state index contributed by atoms with van der Waals surface area (Å²) in [6.07, 6.45) is 4.31. The molecule has 0 atom stereocenters. The van der Waals surface area contributed by atoms with E-state index in [9.17, 15) is 14.4 Å². The highest BCUT2D eigenvalue weighted by Gasteiger charge is 2.39. The Kier molecular flexibility index (Phi) is 6.33. The van der Waals surface area contributed by atoms with E-state index in [1.807, 2.05) is 24.8 Å². The molecule has 2 aromatic rings. The van der Waals surface area contributed by atoms with Gasteiger partial charge < -0.3 is 10.2 Å². The highest BCUT2D eigenvalue weighted by molar-refractivity contribution is 6.53. The van der Waals surface area contributed by atoms with Crippen LogP contribution in [0.25, 0.3) is 0 Å². The summed E-state index contributed by atoms with van der Waals surface area (Å²) in [6, 6.07) is 12.3. The molecule has 0 unspecified atom stereocenters. The van der Waals surface area contributed by atoms with Gasteiger partial charge in [-0.3, -0.25) is 14.4 Å². The van der Waals surface area contributed by atoms with E-state index in [1.165, 1.54) is 0 Å². The summed E-state index contributed by atoms with van der Waals surface area (Å²) in [5.41, 5.74) is 3.59. The number of anilines is 2. The van der Waals surface area contributed by atoms with Gasteiger partial charge in [0.2, 0.25) is 0 Å². The molecule has 2 aliphatic heterocycles. The molecule has 0 aromatic heterocycles. The number of amides is 3. The second-order valence-electron chi connectivity index (χ2n) is 8.32. The second-order valence-corrected chi connectivity index (χ2v) is 8.69. The minimum Gasteiger partial charge on any atom is -0.350 e. The molecule has 2 aliphatic rings. The number of halogens is 1. The first-order valence-electron chi connectivity index (χ1n) is 10.9. The third-order valence-electron chi connectivity index (χ3n) is 6.05. The zero-order chi connectivity index (χ0) is 22.8. The van der Waals surface area contributed by atoms with Crippen molar-refractivity contribution in [1.29, 1.82) is 0 Å². The maximum Gasteiger partial charge on any atom is 0.283 e. The number of carbonyl (C=O) groups is 3. The summed E-state index contributed by atoms with van der Waals surface area (Å²) < 4.78 is 0. The fourth-order valence-electron chi connectivity index (χ4n) is 4.04. The Morgan fingerprint density at radius 2 is 1.62 bits per heavy atom. The van der Waals surface area contributed by atoms with Gasteiger partial charge in [-0.25, -0.2) is 4.90 Å². The highest BCUT2D eigenvalue weighted by Crippen LogP contribution is 2.31. The quantitative estimate of drug-likeness (QED) is 0.680. The largest absolute Gasteiger partial charge is 0.350 e. The van der Waals surface area contributed by atoms with Crippen molar-refractivity contribution in [2.24, 2.45) is 0 Å². The summed E-state index contributed by atoms with van der Waals surface area (Å²) in [7, 11) is 0. The molecule has 6 nitrogen and oxygen atoms in total. The van der Waals surface area contributed by atoms with Crippen molar-refractivity contribution < 1.29 is 14.4 Å². The van der Waals surface area contributed by atoms with Crippen LogP contribution < -0.4 is 10.2 Å². The first-order valence-corrected chi connectivity index (χ1v) is 11.3. The van der Waals surface area contributed by atoms with Crippen molar-refractivity contribution in [2.45, 2.75) is 39.5 Å². The first-order chi connectivity index (χ1) is 15.4. The third-order valence-corrected chi connectivity index (χ3v) is 6.40. The Labute approximate surface area is 192 Å². The first kappa shape index (κ1) is 22.1. The fourth-order valence-corrected chi connectivity index (χ4v) is 4.25. The molecule has 0 saturated carbocycles. The molecule has 0 radical (unpaired) electrons. The van der Waals surface area contributed by atoms with E-state index in [0.29, 0.717) is 16.9 Å². The SMILES string of the molecule is Cc1ccc(N2C(=O)C(Cl)=C(Nc3cccc(C(=O)N4CCCCCC4)c3)C2=O)cc1C. The standard InChI is InChI=1S/C25H26ClN3O3/c1-16-10-11-20(14-17(16)2)29-24(31)21(26)22(25(29)32)27-19-9-7-8-18(15-19)23(30)28-12-5-3-4-6-13-28/h7-11,14-15,27H,3-6,12-13H2,1-2H3. The van der Waals surface area contributed by atoms with Crippen molar-refractivity contribution in [3.05, 3.63) is 69.9 Å². The van der Waals surface area contributed by atoms with Crippen LogP contribution in [-0.2, 0) is 9.59 Å². The molecule has 1 fully saturated rings. The van der Waals surface area contributed by atoms with E-state index in [-0.39, 0.29) is 16.6 Å². The fraction of sp³-hybridized carbons (Fsp3) is 0.320. The number of nitrogens with zero attached hydrogens (tertiary/aromatic N) is 2. The van der Waals surface area contributed by atoms with Crippen LogP contribution in [0.5, 0.6) is 0 Å². The molecule has 2 heterocycles. The van der Waals surface area contributed by atoms with Crippen LogP contribution in [0.4, 0.5) is 11.4 Å². The van der Waals surface area contributed by atoms with Crippen LogP contribution in [0.1, 0.15) is 47.2 Å². The predicted molar refractivity (Wildman–Crippen MR) is 126 cm³/mol. The Morgan fingerprint density at radius 3 is 2.31 bits per heavy atom. The molecule has 1 N–H and O–H groups in total. The smallest absolute Gasteiger partial charge is 0.283 e. The molecular weight excluding hydrogens is 426 g/mol. The molecule has 0 aliphatic carbocycles. The number of aryl methyl sites for hydroxylation is 2. The molecular formula is C25H26ClN3O3. The van der Waals surface area contributed by atoms with Crippen molar-refractivity contribution >= 4 is 40.7 Å². The van der Waals surface area contributed by atoms with E-state index < -0.39 is 11.8 Å². The maximum absolute atomic E-state index is 13.1. The average molecular weight is 452 g/mol. The van der Waals surface area contributed by atoms with E-state index >= 15 is 0 Å². The van der Waals surface area contributed by atoms with E-state index in [0.717, 1.165) is 54.8 Å². The van der Waals surface area contributed by atoms with Gasteiger partial charge in [-0.05, 0) is 68.1 Å². The Hall–Kier alpha value is -3.12. The van der Waals surface area contributed by atoms with Crippen LogP contribution in [-0.4, -0.2) is 35.7 Å². The molecule has 1 saturated heterocycles. The molecule has 7 heteroatoms. The zero-order valence-corrected chi connectivity index (χ0v) is 19.0. The molecule has 32 heavy (non-hydrogen) atoms. The third kappa shape index (κ3) is 4.28. The van der Waals surface area contributed by atoms with Crippen molar-refractivity contribution in [3.8, 4) is 0 Å². The van der Waals surface area contributed by atoms with Crippen LogP contribution in [0.15, 0.2) is 53.2 Å². The van der Waals surface area contributed by atoms with Crippen LogP contribution >= 0.6 is 11.6 Å². The summed E-state index contributed by atoms with van der Waals surface area (Å²) >= 11 is 6.26. The van der Waals surface area contributed by atoms with Crippen LogP contribution in [0.2, 0.25) is 0 Å². The van der Waals surface area contributed by atoms with E-state index in [1.54, 1.807) is 36.4 Å². The van der Waals surface area contributed by atoms with Gasteiger partial charge in [0, 0.05) is 24.3 Å². The monoisotopic (exact) mass is 451 g/mol. The lowest BCUT2D eigenvalue weighted by Crippen LogP contribution is -2.32. The number of nitrogens with one attached hydrogen (secondary N) is 1. The zero-order valence-electron chi connectivity index (χ0n) is 18.3. The van der Waals surface area contributed by atoms with Gasteiger partial charge >= 0.3 is 0 Å². The maximum atomic E-state index is 13.1. The Bertz CT molecular complexity index is 1120. The van der Waals surface area contributed by atoms with Gasteiger partial charge in [0.15, 0.2) is 0 Å². The minimum absolute atomic E-state index is 0.00858. The van der Waals surface area contributed by atoms with Crippen LogP contribution in [0, 0.1) is 13.8 Å². The Morgan fingerprint density at radius 1 is 0.906 bits per heavy atom. The number of likely N-dealkylation sites (tertiary alicyclic amines) is 1. The van der Waals surface area contributed by atoms with E-state index in [2.05, 4.69) is 5.32 Å². The van der Waals surface area contributed by atoms with Crippen LogP contribution in [0.3, 0.4) is 0 Å². The average Bonchev–Trinajstić information content (AvgIpc) is 2.99. The normalized spacial score (nSPS) is 17.1. The highest BCUT2D eigenvalue weighted by atomic mass is 35.5. The summed E-state index contributed by atoms with van der Waals surface area (Å²) in [5, 5.41) is 2.80. The van der Waals surface area contributed by atoms with Crippen molar-refractivity contribution in [3.63, 3.8) is 0 Å². The molecule has 166 valence electrons. The number of benzene rings is 2. The number of rotatable bonds is 4. The second kappa shape index (κ2) is 9.17. The topological polar surface area (TPSA) is 69.7 Å². The lowest BCUT2D eigenvalue weighted by Gasteiger charge is -2.20. The van der Waals surface area contributed by atoms with Gasteiger partial charge in [0.25, 0.3) is 17.7 Å². The number of hydrogen-bond donors (Lipinski definition) is 1. The van der Waals surface area contributed by atoms with Gasteiger partial charge in [0.05, 0.1) is 5.69 Å². The van der Waals surface area contributed by atoms with Gasteiger partial charge in [-0.1, -0.05) is 36.6 Å². The Balaban J connectivity index is 1.55. The lowest BCUT2D eigenvalue weighted by molar-refractivity contribution is -0.120. The summed E-state index contributed by atoms with van der Waals surface area (Å²) in [4.78, 5) is 41.7. The van der Waals surface area contributed by atoms with Crippen molar-refractivity contribution in [1.82, 2.24) is 4.90 Å². The number of hydrogen-bond acceptors (Lipinski definition) is 4. The summed E-state index contributed by atoms with van der Waals surface area (Å²) in [5.74, 6) is -1.12. The lowest BCUT2D eigenvalue weighted by atomic mass is 10.1. The predicted octanol–water partition coefficient (Wildman–Crippen LogP) is 4.76.